The Balaban J connectivity index is 1.86. The average Bonchev–Trinajstić information content (AvgIpc) is 2.48. The van der Waals surface area contributed by atoms with E-state index in [9.17, 15) is 4.79 Å². The van der Waals surface area contributed by atoms with Crippen molar-refractivity contribution in [3.8, 4) is 5.75 Å². The van der Waals surface area contributed by atoms with Crippen molar-refractivity contribution in [3.63, 3.8) is 0 Å². The second-order valence-electron chi connectivity index (χ2n) is 3.95. The van der Waals surface area contributed by atoms with Gasteiger partial charge in [0.2, 0.25) is 0 Å². The van der Waals surface area contributed by atoms with Gasteiger partial charge < -0.3 is 15.8 Å². The van der Waals surface area contributed by atoms with Gasteiger partial charge in [-0.3, -0.25) is 4.79 Å². The fraction of sp³-hybridized carbons (Fsp3) is 0.0769. The summed E-state index contributed by atoms with van der Waals surface area (Å²) >= 11 is 8.01. The zero-order chi connectivity index (χ0) is 15.2. The third kappa shape index (κ3) is 4.76. The molecule has 0 saturated carbocycles. The maximum atomic E-state index is 11.7. The van der Waals surface area contributed by atoms with Gasteiger partial charge in [0.05, 0.1) is 12.4 Å². The van der Waals surface area contributed by atoms with Gasteiger partial charge in [-0.25, -0.2) is 9.97 Å². The molecule has 0 aliphatic carbocycles. The first-order chi connectivity index (χ1) is 10.0. The van der Waals surface area contributed by atoms with Crippen LogP contribution >= 0.6 is 28.1 Å². The van der Waals surface area contributed by atoms with Crippen molar-refractivity contribution >= 4 is 44.9 Å². The number of amides is 1. The summed E-state index contributed by atoms with van der Waals surface area (Å²) in [7, 11) is 0. The average molecular weight is 367 g/mol. The number of thiocarbonyl (C=S) groups is 1. The lowest BCUT2D eigenvalue weighted by Gasteiger charge is -2.07. The summed E-state index contributed by atoms with van der Waals surface area (Å²) < 4.78 is 5.94. The van der Waals surface area contributed by atoms with Crippen LogP contribution in [0.2, 0.25) is 0 Å². The van der Waals surface area contributed by atoms with Crippen molar-refractivity contribution in [2.24, 2.45) is 5.73 Å². The number of nitrogens with zero attached hydrogens (tertiary/aromatic N) is 2. The maximum Gasteiger partial charge on any atom is 0.263 e. The van der Waals surface area contributed by atoms with Gasteiger partial charge >= 0.3 is 0 Å². The fourth-order valence-corrected chi connectivity index (χ4v) is 1.76. The highest BCUT2D eigenvalue weighted by Gasteiger charge is 2.05. The van der Waals surface area contributed by atoms with Crippen molar-refractivity contribution in [1.82, 2.24) is 9.97 Å². The smallest absolute Gasteiger partial charge is 0.263 e. The Morgan fingerprint density at radius 1 is 1.29 bits per heavy atom. The molecule has 0 spiro atoms. The number of hydrogen-bond donors (Lipinski definition) is 2. The second kappa shape index (κ2) is 7.09. The van der Waals surface area contributed by atoms with Crippen molar-refractivity contribution in [2.45, 2.75) is 0 Å². The number of ether oxygens (including phenoxy) is 1. The van der Waals surface area contributed by atoms with Gasteiger partial charge in [0.25, 0.3) is 5.91 Å². The van der Waals surface area contributed by atoms with Gasteiger partial charge in [-0.2, -0.15) is 0 Å². The van der Waals surface area contributed by atoms with E-state index < -0.39 is 0 Å². The molecule has 108 valence electrons. The van der Waals surface area contributed by atoms with Crippen LogP contribution in [0.1, 0.15) is 5.56 Å². The number of aromatic nitrogens is 2. The van der Waals surface area contributed by atoms with Crippen LogP contribution in [0.5, 0.6) is 5.75 Å². The molecule has 0 radical (unpaired) electrons. The molecule has 1 aromatic heterocycles. The summed E-state index contributed by atoms with van der Waals surface area (Å²) in [5, 5.41) is 2.57. The molecule has 0 unspecified atom stereocenters. The summed E-state index contributed by atoms with van der Waals surface area (Å²) in [5.41, 5.74) is 6.24. The monoisotopic (exact) mass is 366 g/mol. The minimum atomic E-state index is -0.329. The van der Waals surface area contributed by atoms with Gasteiger partial charge in [-0.15, -0.1) is 0 Å². The second-order valence-corrected chi connectivity index (χ2v) is 5.20. The number of rotatable bonds is 5. The zero-order valence-corrected chi connectivity index (χ0v) is 13.1. The first-order valence-electron chi connectivity index (χ1n) is 5.84. The molecule has 8 heteroatoms. The lowest BCUT2D eigenvalue weighted by Crippen LogP contribution is -2.20. The van der Waals surface area contributed by atoms with Crippen LogP contribution in [0.15, 0.2) is 41.3 Å². The van der Waals surface area contributed by atoms with E-state index in [4.69, 9.17) is 22.7 Å². The normalized spacial score (nSPS) is 9.95. The molecule has 2 rings (SSSR count). The van der Waals surface area contributed by atoms with Crippen molar-refractivity contribution in [3.05, 3.63) is 46.8 Å². The Labute approximate surface area is 134 Å². The summed E-state index contributed by atoms with van der Waals surface area (Å²) in [5.74, 6) is 0.577. The minimum absolute atomic E-state index is 0.135. The van der Waals surface area contributed by atoms with Crippen molar-refractivity contribution < 1.29 is 9.53 Å². The molecule has 1 aromatic carbocycles. The van der Waals surface area contributed by atoms with E-state index in [1.807, 2.05) is 0 Å². The molecular formula is C13H11BrN4O2S. The van der Waals surface area contributed by atoms with Gasteiger partial charge in [0.1, 0.15) is 15.3 Å². The van der Waals surface area contributed by atoms with E-state index in [1.54, 1.807) is 24.3 Å². The van der Waals surface area contributed by atoms with Crippen LogP contribution < -0.4 is 15.8 Å². The number of nitrogens with one attached hydrogen (secondary N) is 1. The van der Waals surface area contributed by atoms with Crippen LogP contribution in [0.4, 0.5) is 5.82 Å². The number of carbonyl (C=O) groups is 1. The summed E-state index contributed by atoms with van der Waals surface area (Å²) in [6, 6.07) is 6.86. The number of carbonyl (C=O) groups excluding carboxylic acids is 1. The molecule has 21 heavy (non-hydrogen) atoms. The lowest BCUT2D eigenvalue weighted by atomic mass is 10.2. The van der Waals surface area contributed by atoms with Gasteiger partial charge in [0, 0.05) is 5.56 Å². The highest BCUT2D eigenvalue weighted by molar-refractivity contribution is 9.10. The Kier molecular flexibility index (Phi) is 5.18. The summed E-state index contributed by atoms with van der Waals surface area (Å²) in [4.78, 5) is 19.9. The number of anilines is 1. The number of nitrogens with two attached hydrogens (primary N) is 1. The fourth-order valence-electron chi connectivity index (χ4n) is 1.42. The van der Waals surface area contributed by atoms with E-state index in [1.165, 1.54) is 12.4 Å². The Morgan fingerprint density at radius 2 is 2.00 bits per heavy atom. The highest BCUT2D eigenvalue weighted by Crippen LogP contribution is 2.12. The molecule has 3 N–H and O–H groups in total. The van der Waals surface area contributed by atoms with Crippen LogP contribution in [0.3, 0.4) is 0 Å². The van der Waals surface area contributed by atoms with Gasteiger partial charge in [-0.05, 0) is 40.2 Å². The maximum absolute atomic E-state index is 11.7. The van der Waals surface area contributed by atoms with Gasteiger partial charge in [0.15, 0.2) is 12.4 Å². The molecule has 0 bridgehead atoms. The van der Waals surface area contributed by atoms with E-state index in [-0.39, 0.29) is 12.5 Å². The zero-order valence-electron chi connectivity index (χ0n) is 10.7. The Hall–Kier alpha value is -2.06. The molecular weight excluding hydrogens is 356 g/mol. The molecule has 1 heterocycles. The molecule has 0 saturated heterocycles. The first kappa shape index (κ1) is 15.3. The largest absolute Gasteiger partial charge is 0.484 e. The lowest BCUT2D eigenvalue weighted by molar-refractivity contribution is -0.118. The summed E-state index contributed by atoms with van der Waals surface area (Å²) in [6.45, 7) is -0.135. The van der Waals surface area contributed by atoms with Crippen LogP contribution in [-0.4, -0.2) is 27.5 Å². The minimum Gasteiger partial charge on any atom is -0.484 e. The molecule has 0 aliphatic rings. The summed E-state index contributed by atoms with van der Waals surface area (Å²) in [6.07, 6.45) is 2.93. The highest BCUT2D eigenvalue weighted by atomic mass is 79.9. The number of hydrogen-bond acceptors (Lipinski definition) is 5. The predicted octanol–water partition coefficient (Wildman–Crippen LogP) is 1.89. The molecule has 0 atom stereocenters. The first-order valence-corrected chi connectivity index (χ1v) is 7.05. The molecule has 6 nitrogen and oxygen atoms in total. The predicted molar refractivity (Wildman–Crippen MR) is 86.2 cm³/mol. The molecule has 0 fully saturated rings. The number of halogens is 1. The van der Waals surface area contributed by atoms with E-state index in [0.29, 0.717) is 21.2 Å². The van der Waals surface area contributed by atoms with E-state index in [0.717, 1.165) is 5.56 Å². The van der Waals surface area contributed by atoms with Crippen LogP contribution in [0.25, 0.3) is 0 Å². The van der Waals surface area contributed by atoms with Gasteiger partial charge in [-0.1, -0.05) is 12.2 Å². The third-order valence-electron chi connectivity index (χ3n) is 2.40. The topological polar surface area (TPSA) is 90.1 Å². The van der Waals surface area contributed by atoms with E-state index >= 15 is 0 Å². The van der Waals surface area contributed by atoms with E-state index in [2.05, 4.69) is 31.2 Å². The number of benzene rings is 1. The van der Waals surface area contributed by atoms with Crippen LogP contribution in [-0.2, 0) is 4.79 Å². The van der Waals surface area contributed by atoms with Crippen molar-refractivity contribution in [2.75, 3.05) is 11.9 Å². The standard InChI is InChI=1S/C13H11BrN4O2S/c14-10-5-17-11(6-16-10)18-12(19)7-20-9-3-1-8(2-4-9)13(15)21/h1-6H,7H2,(H2,15,21)(H,17,18,19). The molecule has 2 aromatic rings. The Bertz CT molecular complexity index is 646. The van der Waals surface area contributed by atoms with Crippen molar-refractivity contribution in [1.29, 1.82) is 0 Å². The third-order valence-corrected chi connectivity index (χ3v) is 3.04. The SMILES string of the molecule is NC(=S)c1ccc(OCC(=O)Nc2cnc(Br)cn2)cc1. The molecule has 0 aliphatic heterocycles. The quantitative estimate of drug-likeness (QED) is 0.785. The Morgan fingerprint density at radius 3 is 2.57 bits per heavy atom. The van der Waals surface area contributed by atoms with Crippen LogP contribution in [0, 0.1) is 0 Å². The molecule has 1 amide bonds.